The predicted molar refractivity (Wildman–Crippen MR) is 112 cm³/mol. The average Bonchev–Trinajstić information content (AvgIpc) is 3.18. The van der Waals surface area contributed by atoms with Gasteiger partial charge in [0.1, 0.15) is 4.88 Å². The van der Waals surface area contributed by atoms with Crippen LogP contribution in [-0.4, -0.2) is 30.4 Å². The SMILES string of the molecule is Cc1ccc(-c2ccsc2C(=O)OCC(=O)N(C)Cc2ccccc2C)cc1. The van der Waals surface area contributed by atoms with Gasteiger partial charge in [0.25, 0.3) is 5.91 Å². The molecule has 0 atom stereocenters. The summed E-state index contributed by atoms with van der Waals surface area (Å²) < 4.78 is 5.30. The Labute approximate surface area is 169 Å². The van der Waals surface area contributed by atoms with Crippen LogP contribution in [0.25, 0.3) is 11.1 Å². The molecule has 1 aromatic heterocycles. The van der Waals surface area contributed by atoms with Crippen molar-refractivity contribution in [2.24, 2.45) is 0 Å². The van der Waals surface area contributed by atoms with E-state index in [1.54, 1.807) is 11.9 Å². The molecule has 0 saturated heterocycles. The van der Waals surface area contributed by atoms with E-state index >= 15 is 0 Å². The summed E-state index contributed by atoms with van der Waals surface area (Å²) in [6.07, 6.45) is 0. The van der Waals surface area contributed by atoms with E-state index in [9.17, 15) is 9.59 Å². The van der Waals surface area contributed by atoms with Crippen molar-refractivity contribution in [3.05, 3.63) is 81.5 Å². The molecule has 0 aliphatic rings. The molecule has 0 radical (unpaired) electrons. The van der Waals surface area contributed by atoms with Crippen LogP contribution in [0.15, 0.2) is 60.0 Å². The van der Waals surface area contributed by atoms with Gasteiger partial charge in [0.15, 0.2) is 6.61 Å². The number of carbonyl (C=O) groups is 2. The van der Waals surface area contributed by atoms with Gasteiger partial charge in [-0.3, -0.25) is 4.79 Å². The molecule has 0 N–H and O–H groups in total. The molecule has 144 valence electrons. The van der Waals surface area contributed by atoms with Crippen molar-refractivity contribution in [3.63, 3.8) is 0 Å². The van der Waals surface area contributed by atoms with Crippen molar-refractivity contribution in [2.45, 2.75) is 20.4 Å². The highest BCUT2D eigenvalue weighted by atomic mass is 32.1. The van der Waals surface area contributed by atoms with Gasteiger partial charge in [0, 0.05) is 19.2 Å². The molecule has 28 heavy (non-hydrogen) atoms. The fourth-order valence-corrected chi connectivity index (χ4v) is 3.67. The number of rotatable bonds is 6. The van der Waals surface area contributed by atoms with Crippen LogP contribution in [0.4, 0.5) is 0 Å². The minimum absolute atomic E-state index is 0.231. The standard InChI is InChI=1S/C23H23NO3S/c1-16-8-10-18(11-9-16)20-12-13-28-22(20)23(26)27-15-21(25)24(3)14-19-7-5-4-6-17(19)2/h4-13H,14-15H2,1-3H3. The van der Waals surface area contributed by atoms with Crippen LogP contribution in [0.2, 0.25) is 0 Å². The molecule has 5 heteroatoms. The van der Waals surface area contributed by atoms with Crippen molar-refractivity contribution < 1.29 is 14.3 Å². The summed E-state index contributed by atoms with van der Waals surface area (Å²) in [6, 6.07) is 17.8. The Morgan fingerprint density at radius 2 is 1.71 bits per heavy atom. The first-order valence-corrected chi connectivity index (χ1v) is 9.94. The van der Waals surface area contributed by atoms with Crippen molar-refractivity contribution >= 4 is 23.2 Å². The highest BCUT2D eigenvalue weighted by Gasteiger charge is 2.19. The topological polar surface area (TPSA) is 46.6 Å². The molecule has 0 fully saturated rings. The average molecular weight is 394 g/mol. The molecule has 0 saturated carbocycles. The van der Waals surface area contributed by atoms with E-state index in [0.29, 0.717) is 11.4 Å². The lowest BCUT2D eigenvalue weighted by Crippen LogP contribution is -2.31. The third-order valence-corrected chi connectivity index (χ3v) is 5.53. The van der Waals surface area contributed by atoms with E-state index in [1.165, 1.54) is 11.3 Å². The number of likely N-dealkylation sites (N-methyl/N-ethyl adjacent to an activating group) is 1. The molecule has 0 unspecified atom stereocenters. The number of thiophene rings is 1. The van der Waals surface area contributed by atoms with Crippen molar-refractivity contribution in [3.8, 4) is 11.1 Å². The van der Waals surface area contributed by atoms with Gasteiger partial charge >= 0.3 is 5.97 Å². The molecule has 3 rings (SSSR count). The smallest absolute Gasteiger partial charge is 0.349 e. The Kier molecular flexibility index (Phi) is 6.26. The molecular weight excluding hydrogens is 370 g/mol. The van der Waals surface area contributed by atoms with E-state index in [0.717, 1.165) is 27.8 Å². The number of ether oxygens (including phenoxy) is 1. The van der Waals surface area contributed by atoms with Gasteiger partial charge in [-0.25, -0.2) is 4.79 Å². The summed E-state index contributed by atoms with van der Waals surface area (Å²) >= 11 is 1.32. The summed E-state index contributed by atoms with van der Waals surface area (Å²) in [4.78, 5) is 27.0. The van der Waals surface area contributed by atoms with Gasteiger partial charge in [0.05, 0.1) is 0 Å². The molecule has 1 heterocycles. The number of carbonyl (C=O) groups excluding carboxylic acids is 2. The largest absolute Gasteiger partial charge is 0.451 e. The minimum atomic E-state index is -0.469. The molecule has 0 bridgehead atoms. The zero-order chi connectivity index (χ0) is 20.1. The predicted octanol–water partition coefficient (Wildman–Crippen LogP) is 4.85. The molecule has 1 amide bonds. The fraction of sp³-hybridized carbons (Fsp3) is 0.217. The van der Waals surface area contributed by atoms with Crippen LogP contribution >= 0.6 is 11.3 Å². The monoisotopic (exact) mass is 393 g/mol. The molecule has 0 aliphatic carbocycles. The quantitative estimate of drug-likeness (QED) is 0.563. The molecule has 0 spiro atoms. The number of benzene rings is 2. The van der Waals surface area contributed by atoms with Crippen LogP contribution in [0.1, 0.15) is 26.4 Å². The normalized spacial score (nSPS) is 10.5. The number of hydrogen-bond donors (Lipinski definition) is 0. The molecule has 0 aliphatic heterocycles. The van der Waals surface area contributed by atoms with E-state index in [-0.39, 0.29) is 12.5 Å². The summed E-state index contributed by atoms with van der Waals surface area (Å²) in [7, 11) is 1.71. The lowest BCUT2D eigenvalue weighted by Gasteiger charge is -2.18. The maximum absolute atomic E-state index is 12.5. The fourth-order valence-electron chi connectivity index (χ4n) is 2.86. The van der Waals surface area contributed by atoms with Crippen molar-refractivity contribution in [2.75, 3.05) is 13.7 Å². The zero-order valence-electron chi connectivity index (χ0n) is 16.3. The van der Waals surface area contributed by atoms with Crippen molar-refractivity contribution in [1.82, 2.24) is 4.90 Å². The first-order chi connectivity index (χ1) is 13.5. The third-order valence-electron chi connectivity index (χ3n) is 4.63. The summed E-state index contributed by atoms with van der Waals surface area (Å²) in [5.41, 5.74) is 5.15. The van der Waals surface area contributed by atoms with Crippen molar-refractivity contribution in [1.29, 1.82) is 0 Å². The van der Waals surface area contributed by atoms with Crippen LogP contribution in [0.5, 0.6) is 0 Å². The van der Waals surface area contributed by atoms with Crippen LogP contribution < -0.4 is 0 Å². The highest BCUT2D eigenvalue weighted by molar-refractivity contribution is 7.12. The number of hydrogen-bond acceptors (Lipinski definition) is 4. The second-order valence-corrected chi connectivity index (χ2v) is 7.70. The lowest BCUT2D eigenvalue weighted by atomic mass is 10.1. The molecule has 3 aromatic rings. The number of aryl methyl sites for hydroxylation is 2. The van der Waals surface area contributed by atoms with Gasteiger partial charge in [-0.05, 0) is 42.0 Å². The Morgan fingerprint density at radius 3 is 2.43 bits per heavy atom. The summed E-state index contributed by atoms with van der Waals surface area (Å²) in [5, 5.41) is 1.86. The van der Waals surface area contributed by atoms with E-state index in [1.807, 2.05) is 73.8 Å². The van der Waals surface area contributed by atoms with Gasteiger partial charge in [-0.2, -0.15) is 0 Å². The van der Waals surface area contributed by atoms with Crippen LogP contribution in [0.3, 0.4) is 0 Å². The Morgan fingerprint density at radius 1 is 1.00 bits per heavy atom. The maximum Gasteiger partial charge on any atom is 0.349 e. The summed E-state index contributed by atoms with van der Waals surface area (Å²) in [6.45, 7) is 4.24. The van der Waals surface area contributed by atoms with E-state index in [4.69, 9.17) is 4.74 Å². The first kappa shape index (κ1) is 19.8. The third kappa shape index (κ3) is 4.67. The van der Waals surface area contributed by atoms with Gasteiger partial charge in [-0.15, -0.1) is 11.3 Å². The van der Waals surface area contributed by atoms with Gasteiger partial charge < -0.3 is 9.64 Å². The van der Waals surface area contributed by atoms with Crippen LogP contribution in [-0.2, 0) is 16.1 Å². The number of nitrogens with zero attached hydrogens (tertiary/aromatic N) is 1. The lowest BCUT2D eigenvalue weighted by molar-refractivity contribution is -0.133. The zero-order valence-corrected chi connectivity index (χ0v) is 17.1. The van der Waals surface area contributed by atoms with Gasteiger partial charge in [0.2, 0.25) is 0 Å². The second-order valence-electron chi connectivity index (χ2n) is 6.78. The van der Waals surface area contributed by atoms with E-state index < -0.39 is 5.97 Å². The second kappa shape index (κ2) is 8.85. The maximum atomic E-state index is 12.5. The number of amides is 1. The summed E-state index contributed by atoms with van der Waals surface area (Å²) in [5.74, 6) is -0.701. The molecular formula is C23H23NO3S. The number of esters is 1. The highest BCUT2D eigenvalue weighted by Crippen LogP contribution is 2.29. The molecule has 2 aromatic carbocycles. The minimum Gasteiger partial charge on any atom is -0.451 e. The first-order valence-electron chi connectivity index (χ1n) is 9.06. The van der Waals surface area contributed by atoms with Crippen LogP contribution in [0, 0.1) is 13.8 Å². The van der Waals surface area contributed by atoms with E-state index in [2.05, 4.69) is 0 Å². The Balaban J connectivity index is 1.61. The Bertz CT molecular complexity index is 976. The van der Waals surface area contributed by atoms with Gasteiger partial charge in [-0.1, -0.05) is 54.1 Å². The molecule has 4 nitrogen and oxygen atoms in total. The Hall–Kier alpha value is -2.92.